The topological polar surface area (TPSA) is 51.5 Å². The van der Waals surface area contributed by atoms with E-state index in [4.69, 9.17) is 19.5 Å². The molecule has 0 aromatic heterocycles. The van der Waals surface area contributed by atoms with E-state index < -0.39 is 0 Å². The van der Waals surface area contributed by atoms with Crippen LogP contribution < -0.4 is 14.2 Å². The van der Waals surface area contributed by atoms with E-state index in [2.05, 4.69) is 6.07 Å². The van der Waals surface area contributed by atoms with Gasteiger partial charge < -0.3 is 14.2 Å². The first-order valence-electron chi connectivity index (χ1n) is 4.78. The van der Waals surface area contributed by atoms with E-state index in [1.165, 1.54) is 0 Å². The minimum atomic E-state index is 0.305. The Bertz CT molecular complexity index is 486. The van der Waals surface area contributed by atoms with Gasteiger partial charge in [0, 0.05) is 11.6 Å². The van der Waals surface area contributed by atoms with Crippen LogP contribution in [0.1, 0.15) is 5.56 Å². The van der Waals surface area contributed by atoms with E-state index in [0.717, 1.165) is 5.56 Å². The van der Waals surface area contributed by atoms with Crippen LogP contribution in [-0.2, 0) is 0 Å². The zero-order chi connectivity index (χ0) is 11.5. The zero-order valence-corrected chi connectivity index (χ0v) is 9.11. The molecule has 0 atom stereocenters. The third-order valence-corrected chi connectivity index (χ3v) is 2.37. The van der Waals surface area contributed by atoms with Gasteiger partial charge in [0.15, 0.2) is 11.5 Å². The smallest absolute Gasteiger partial charge is 0.164 e. The number of nitriles is 1. The van der Waals surface area contributed by atoms with Crippen molar-refractivity contribution in [3.8, 4) is 23.3 Å². The van der Waals surface area contributed by atoms with E-state index >= 15 is 0 Å². The van der Waals surface area contributed by atoms with Crippen LogP contribution in [0.15, 0.2) is 17.7 Å². The monoisotopic (exact) mass is 217 g/mol. The van der Waals surface area contributed by atoms with Crippen molar-refractivity contribution in [3.63, 3.8) is 0 Å². The molecule has 0 fully saturated rings. The molecule has 1 heterocycles. The van der Waals surface area contributed by atoms with E-state index in [-0.39, 0.29) is 0 Å². The first kappa shape index (κ1) is 10.4. The Morgan fingerprint density at radius 1 is 1.25 bits per heavy atom. The molecule has 1 aromatic carbocycles. The summed E-state index contributed by atoms with van der Waals surface area (Å²) in [6.45, 7) is 0.305. The molecule has 82 valence electrons. The average molecular weight is 217 g/mol. The van der Waals surface area contributed by atoms with Gasteiger partial charge in [-0.25, -0.2) is 0 Å². The summed E-state index contributed by atoms with van der Waals surface area (Å²) >= 11 is 0. The number of rotatable bonds is 2. The highest BCUT2D eigenvalue weighted by atomic mass is 16.5. The predicted octanol–water partition coefficient (Wildman–Crippen LogP) is 2.00. The Kier molecular flexibility index (Phi) is 2.69. The molecule has 0 bridgehead atoms. The van der Waals surface area contributed by atoms with E-state index in [1.807, 2.05) is 0 Å². The van der Waals surface area contributed by atoms with Crippen LogP contribution in [0.5, 0.6) is 17.2 Å². The van der Waals surface area contributed by atoms with Gasteiger partial charge in [-0.2, -0.15) is 5.26 Å². The molecule has 4 nitrogen and oxygen atoms in total. The van der Waals surface area contributed by atoms with Crippen molar-refractivity contribution < 1.29 is 14.2 Å². The van der Waals surface area contributed by atoms with Crippen molar-refractivity contribution >= 4 is 6.08 Å². The Balaban J connectivity index is 2.51. The van der Waals surface area contributed by atoms with Crippen molar-refractivity contribution in [2.75, 3.05) is 20.8 Å². The van der Waals surface area contributed by atoms with Crippen LogP contribution in [0.4, 0.5) is 0 Å². The SMILES string of the molecule is COc1cc2c(cc1OC)OCC(C#N)=C2. The molecule has 4 heteroatoms. The number of nitrogens with zero attached hydrogens (tertiary/aromatic N) is 1. The number of ether oxygens (including phenoxy) is 3. The molecular formula is C12H11NO3. The van der Waals surface area contributed by atoms with Gasteiger partial charge in [-0.15, -0.1) is 0 Å². The Hall–Kier alpha value is -2.15. The number of hydrogen-bond donors (Lipinski definition) is 0. The van der Waals surface area contributed by atoms with Gasteiger partial charge in [-0.3, -0.25) is 0 Å². The van der Waals surface area contributed by atoms with Crippen molar-refractivity contribution in [1.82, 2.24) is 0 Å². The molecule has 1 aromatic rings. The van der Waals surface area contributed by atoms with Gasteiger partial charge in [0.25, 0.3) is 0 Å². The summed E-state index contributed by atoms with van der Waals surface area (Å²) in [5, 5.41) is 8.79. The molecule has 0 N–H and O–H groups in total. The normalized spacial score (nSPS) is 12.9. The third kappa shape index (κ3) is 1.68. The fraction of sp³-hybridized carbons (Fsp3) is 0.250. The number of hydrogen-bond acceptors (Lipinski definition) is 4. The maximum atomic E-state index is 8.79. The minimum Gasteiger partial charge on any atom is -0.493 e. The molecule has 1 aliphatic rings. The van der Waals surface area contributed by atoms with Crippen molar-refractivity contribution in [3.05, 3.63) is 23.3 Å². The zero-order valence-electron chi connectivity index (χ0n) is 9.11. The first-order valence-corrected chi connectivity index (χ1v) is 4.78. The van der Waals surface area contributed by atoms with Gasteiger partial charge >= 0.3 is 0 Å². The van der Waals surface area contributed by atoms with E-state index in [9.17, 15) is 0 Å². The second kappa shape index (κ2) is 4.15. The molecule has 1 aliphatic heterocycles. The first-order chi connectivity index (χ1) is 7.78. The van der Waals surface area contributed by atoms with Gasteiger partial charge in [-0.1, -0.05) is 0 Å². The molecule has 0 radical (unpaired) electrons. The molecular weight excluding hydrogens is 206 g/mol. The summed E-state index contributed by atoms with van der Waals surface area (Å²) in [4.78, 5) is 0. The van der Waals surface area contributed by atoms with Crippen LogP contribution in [0.25, 0.3) is 6.08 Å². The summed E-state index contributed by atoms with van der Waals surface area (Å²) in [7, 11) is 3.15. The lowest BCUT2D eigenvalue weighted by Crippen LogP contribution is -2.06. The molecule has 0 spiro atoms. The van der Waals surface area contributed by atoms with E-state index in [0.29, 0.717) is 29.4 Å². The lowest BCUT2D eigenvalue weighted by atomic mass is 10.1. The lowest BCUT2D eigenvalue weighted by molar-refractivity contribution is 0.333. The third-order valence-electron chi connectivity index (χ3n) is 2.37. The van der Waals surface area contributed by atoms with Crippen molar-refractivity contribution in [1.29, 1.82) is 5.26 Å². The second-order valence-electron chi connectivity index (χ2n) is 3.32. The standard InChI is InChI=1S/C12H11NO3/c1-14-11-4-9-3-8(6-13)7-16-10(9)5-12(11)15-2/h3-5H,7H2,1-2H3. The minimum absolute atomic E-state index is 0.305. The second-order valence-corrected chi connectivity index (χ2v) is 3.32. The fourth-order valence-electron chi connectivity index (χ4n) is 1.56. The average Bonchev–Trinajstić information content (AvgIpc) is 2.36. The van der Waals surface area contributed by atoms with Gasteiger partial charge in [-0.05, 0) is 12.1 Å². The van der Waals surface area contributed by atoms with Crippen LogP contribution in [0.2, 0.25) is 0 Å². The molecule has 0 saturated heterocycles. The summed E-state index contributed by atoms with van der Waals surface area (Å²) in [6.07, 6.45) is 1.79. The molecule has 0 aliphatic carbocycles. The highest BCUT2D eigenvalue weighted by molar-refractivity contribution is 5.68. The summed E-state index contributed by atoms with van der Waals surface area (Å²) < 4.78 is 15.8. The summed E-state index contributed by atoms with van der Waals surface area (Å²) in [5.74, 6) is 1.95. The quantitative estimate of drug-likeness (QED) is 0.760. The highest BCUT2D eigenvalue weighted by Crippen LogP contribution is 2.37. The van der Waals surface area contributed by atoms with Crippen molar-refractivity contribution in [2.24, 2.45) is 0 Å². The highest BCUT2D eigenvalue weighted by Gasteiger charge is 2.15. The Morgan fingerprint density at radius 2 is 1.94 bits per heavy atom. The van der Waals surface area contributed by atoms with Crippen molar-refractivity contribution in [2.45, 2.75) is 0 Å². The number of fused-ring (bicyclic) bond motifs is 1. The molecule has 0 saturated carbocycles. The maximum absolute atomic E-state index is 8.79. The number of benzene rings is 1. The lowest BCUT2D eigenvalue weighted by Gasteiger charge is -2.17. The van der Waals surface area contributed by atoms with Gasteiger partial charge in [0.05, 0.1) is 25.9 Å². The molecule has 0 unspecified atom stereocenters. The van der Waals surface area contributed by atoms with Crippen LogP contribution in [0.3, 0.4) is 0 Å². The summed E-state index contributed by atoms with van der Waals surface area (Å²) in [6, 6.07) is 5.63. The molecule has 16 heavy (non-hydrogen) atoms. The van der Waals surface area contributed by atoms with Gasteiger partial charge in [0.1, 0.15) is 12.4 Å². The fourth-order valence-corrected chi connectivity index (χ4v) is 1.56. The van der Waals surface area contributed by atoms with Crippen LogP contribution in [-0.4, -0.2) is 20.8 Å². The molecule has 0 amide bonds. The van der Waals surface area contributed by atoms with Crippen LogP contribution >= 0.6 is 0 Å². The summed E-state index contributed by atoms with van der Waals surface area (Å²) in [5.41, 5.74) is 1.43. The Morgan fingerprint density at radius 3 is 2.56 bits per heavy atom. The Labute approximate surface area is 93.7 Å². The maximum Gasteiger partial charge on any atom is 0.164 e. The van der Waals surface area contributed by atoms with Crippen LogP contribution in [0, 0.1) is 11.3 Å². The number of methoxy groups -OCH3 is 2. The van der Waals surface area contributed by atoms with E-state index in [1.54, 1.807) is 32.4 Å². The van der Waals surface area contributed by atoms with Gasteiger partial charge in [0.2, 0.25) is 0 Å². The predicted molar refractivity (Wildman–Crippen MR) is 58.6 cm³/mol. The molecule has 2 rings (SSSR count). The largest absolute Gasteiger partial charge is 0.493 e.